The normalized spacial score (nSPS) is 10.9. The van der Waals surface area contributed by atoms with Crippen LogP contribution in [0.1, 0.15) is 16.9 Å². The monoisotopic (exact) mass is 589 g/mol. The highest BCUT2D eigenvalue weighted by Crippen LogP contribution is 2.23. The van der Waals surface area contributed by atoms with Crippen LogP contribution in [0, 0.1) is 0 Å². The summed E-state index contributed by atoms with van der Waals surface area (Å²) >= 11 is 12.2. The lowest BCUT2D eigenvalue weighted by atomic mass is 10.2. The number of furan rings is 1. The molecule has 3 N–H and O–H groups in total. The van der Waals surface area contributed by atoms with Crippen molar-refractivity contribution in [3.8, 4) is 11.5 Å². The van der Waals surface area contributed by atoms with Gasteiger partial charge >= 0.3 is 0 Å². The highest BCUT2D eigenvalue weighted by molar-refractivity contribution is 6.35. The maximum absolute atomic E-state index is 6.22. The molecule has 5 aromatic rings. The van der Waals surface area contributed by atoms with Crippen LogP contribution in [0.25, 0.3) is 0 Å². The molecule has 5 rings (SSSR count). The number of methoxy groups -OCH3 is 1. The maximum atomic E-state index is 6.22. The number of aromatic nitrogens is 3. The molecule has 0 atom stereocenters. The zero-order valence-corrected chi connectivity index (χ0v) is 23.4. The summed E-state index contributed by atoms with van der Waals surface area (Å²) in [6.45, 7) is 0.730. The van der Waals surface area contributed by atoms with Crippen molar-refractivity contribution in [2.75, 3.05) is 23.2 Å². The van der Waals surface area contributed by atoms with Gasteiger partial charge in [-0.2, -0.15) is 20.1 Å². The van der Waals surface area contributed by atoms with Crippen molar-refractivity contribution >= 4 is 52.9 Å². The lowest BCUT2D eigenvalue weighted by Crippen LogP contribution is -2.09. The molecule has 0 radical (unpaired) electrons. The molecule has 208 valence electrons. The van der Waals surface area contributed by atoms with Crippen molar-refractivity contribution in [3.05, 3.63) is 112 Å². The number of hydrogen-bond acceptors (Lipinski definition) is 10. The summed E-state index contributed by atoms with van der Waals surface area (Å²) in [4.78, 5) is 13.3. The average molecular weight is 590 g/mol. The van der Waals surface area contributed by atoms with Crippen molar-refractivity contribution in [1.82, 2.24) is 15.0 Å². The molecule has 2 aromatic heterocycles. The van der Waals surface area contributed by atoms with Gasteiger partial charge in [-0.15, -0.1) is 0 Å². The molecule has 0 aliphatic heterocycles. The number of halogens is 2. The lowest BCUT2D eigenvalue weighted by molar-refractivity contribution is 0.306. The Kier molecular flexibility index (Phi) is 9.15. The molecule has 0 spiro atoms. The predicted octanol–water partition coefficient (Wildman–Crippen LogP) is 7.16. The van der Waals surface area contributed by atoms with Gasteiger partial charge in [-0.3, -0.25) is 0 Å². The van der Waals surface area contributed by atoms with Gasteiger partial charge < -0.3 is 24.5 Å². The van der Waals surface area contributed by atoms with Gasteiger partial charge in [-0.1, -0.05) is 29.3 Å². The van der Waals surface area contributed by atoms with Crippen LogP contribution in [-0.4, -0.2) is 28.3 Å². The minimum absolute atomic E-state index is 0.244. The molecule has 0 saturated heterocycles. The van der Waals surface area contributed by atoms with Crippen molar-refractivity contribution in [1.29, 1.82) is 0 Å². The first-order chi connectivity index (χ1) is 20.0. The molecule has 0 amide bonds. The first-order valence-corrected chi connectivity index (χ1v) is 13.2. The Balaban J connectivity index is 1.23. The number of anilines is 4. The Hall–Kier alpha value is -4.80. The van der Waals surface area contributed by atoms with E-state index in [0.29, 0.717) is 40.8 Å². The van der Waals surface area contributed by atoms with Crippen LogP contribution in [0.3, 0.4) is 0 Å². The van der Waals surface area contributed by atoms with Crippen LogP contribution < -0.4 is 25.5 Å². The lowest BCUT2D eigenvalue weighted by Gasteiger charge is -2.10. The Labute approximate surface area is 246 Å². The number of nitrogens with one attached hydrogen (secondary N) is 3. The molecule has 0 aliphatic carbocycles. The van der Waals surface area contributed by atoms with E-state index >= 15 is 0 Å². The summed E-state index contributed by atoms with van der Waals surface area (Å²) in [5, 5.41) is 11.7. The molecule has 0 saturated carbocycles. The summed E-state index contributed by atoms with van der Waals surface area (Å²) in [6, 6.07) is 23.8. The van der Waals surface area contributed by atoms with Crippen molar-refractivity contribution in [3.63, 3.8) is 0 Å². The summed E-state index contributed by atoms with van der Waals surface area (Å²) < 4.78 is 16.4. The van der Waals surface area contributed by atoms with Crippen LogP contribution in [0.4, 0.5) is 23.5 Å². The molecule has 41 heavy (non-hydrogen) atoms. The fraction of sp³-hybridized carbons (Fsp3) is 0.103. The molecule has 12 heteroatoms. The molecule has 0 aliphatic rings. The van der Waals surface area contributed by atoms with Gasteiger partial charge in [-0.25, -0.2) is 5.43 Å². The third kappa shape index (κ3) is 8.10. The van der Waals surface area contributed by atoms with E-state index in [1.165, 1.54) is 0 Å². The fourth-order valence-electron chi connectivity index (χ4n) is 3.56. The molecule has 0 bridgehead atoms. The van der Waals surface area contributed by atoms with Gasteiger partial charge in [-0.05, 0) is 78.4 Å². The van der Waals surface area contributed by atoms with E-state index in [4.69, 9.17) is 37.1 Å². The standard InChI is InChI=1S/C29H25Cl2N7O3/c1-39-23-12-8-22(9-13-23)34-28-35-27(32-17-25-3-2-14-40-25)36-29(37-28)38-33-16-19-4-10-24(11-5-19)41-18-20-6-7-21(30)15-26(20)31/h2-16H,17-18H2,1H3,(H3,32,34,35,36,37,38)/b33-16-. The summed E-state index contributed by atoms with van der Waals surface area (Å²) in [7, 11) is 1.62. The molecule has 0 fully saturated rings. The van der Waals surface area contributed by atoms with Gasteiger partial charge in [0.25, 0.3) is 0 Å². The summed E-state index contributed by atoms with van der Waals surface area (Å²) in [6.07, 6.45) is 3.26. The summed E-state index contributed by atoms with van der Waals surface area (Å²) in [5.41, 5.74) is 5.34. The van der Waals surface area contributed by atoms with Crippen LogP contribution in [0.5, 0.6) is 11.5 Å². The van der Waals surface area contributed by atoms with Gasteiger partial charge in [0.15, 0.2) is 0 Å². The number of nitrogens with zero attached hydrogens (tertiary/aromatic N) is 4. The van der Waals surface area contributed by atoms with E-state index in [2.05, 4.69) is 36.1 Å². The van der Waals surface area contributed by atoms with E-state index in [1.54, 1.807) is 31.7 Å². The Morgan fingerprint density at radius 3 is 2.37 bits per heavy atom. The predicted molar refractivity (Wildman–Crippen MR) is 161 cm³/mol. The highest BCUT2D eigenvalue weighted by atomic mass is 35.5. The molecule has 0 unspecified atom stereocenters. The van der Waals surface area contributed by atoms with E-state index in [-0.39, 0.29) is 5.95 Å². The molecule has 2 heterocycles. The highest BCUT2D eigenvalue weighted by Gasteiger charge is 2.08. The van der Waals surface area contributed by atoms with Crippen molar-refractivity contribution < 1.29 is 13.9 Å². The first kappa shape index (κ1) is 27.8. The number of ether oxygens (including phenoxy) is 2. The Bertz CT molecular complexity index is 1600. The van der Waals surface area contributed by atoms with Crippen LogP contribution >= 0.6 is 23.2 Å². The number of rotatable bonds is 12. The number of benzene rings is 3. The second kappa shape index (κ2) is 13.5. The second-order valence-corrected chi connectivity index (χ2v) is 9.40. The smallest absolute Gasteiger partial charge is 0.250 e. The molecule has 10 nitrogen and oxygen atoms in total. The van der Waals surface area contributed by atoms with E-state index in [0.717, 1.165) is 28.3 Å². The third-order valence-corrected chi connectivity index (χ3v) is 6.24. The minimum Gasteiger partial charge on any atom is -0.497 e. The zero-order chi connectivity index (χ0) is 28.4. The van der Waals surface area contributed by atoms with Crippen molar-refractivity contribution in [2.45, 2.75) is 13.2 Å². The zero-order valence-electron chi connectivity index (χ0n) is 21.8. The van der Waals surface area contributed by atoms with Crippen LogP contribution in [-0.2, 0) is 13.2 Å². The molecular weight excluding hydrogens is 565 g/mol. The maximum Gasteiger partial charge on any atom is 0.250 e. The average Bonchev–Trinajstić information content (AvgIpc) is 3.51. The van der Waals surface area contributed by atoms with Crippen LogP contribution in [0.2, 0.25) is 10.0 Å². The molecular formula is C29H25Cl2N7O3. The quantitative estimate of drug-likeness (QED) is 0.103. The minimum atomic E-state index is 0.244. The Morgan fingerprint density at radius 1 is 0.878 bits per heavy atom. The summed E-state index contributed by atoms with van der Waals surface area (Å²) in [5.74, 6) is 3.09. The SMILES string of the molecule is COc1ccc(Nc2nc(NCc3ccco3)nc(N/N=C\c3ccc(OCc4ccc(Cl)cc4Cl)cc3)n2)cc1. The second-order valence-electron chi connectivity index (χ2n) is 8.56. The number of hydrazone groups is 1. The van der Waals surface area contributed by atoms with Gasteiger partial charge in [0.05, 0.1) is 26.1 Å². The number of hydrogen-bond donors (Lipinski definition) is 3. The largest absolute Gasteiger partial charge is 0.497 e. The van der Waals surface area contributed by atoms with Gasteiger partial charge in [0, 0.05) is 21.3 Å². The van der Waals surface area contributed by atoms with E-state index < -0.39 is 0 Å². The fourth-order valence-corrected chi connectivity index (χ4v) is 4.02. The topological polar surface area (TPSA) is 119 Å². The first-order valence-electron chi connectivity index (χ1n) is 12.4. The molecule has 3 aromatic carbocycles. The van der Waals surface area contributed by atoms with Gasteiger partial charge in [0.1, 0.15) is 23.9 Å². The van der Waals surface area contributed by atoms with Crippen molar-refractivity contribution in [2.24, 2.45) is 5.10 Å². The van der Waals surface area contributed by atoms with Gasteiger partial charge in [0.2, 0.25) is 17.8 Å². The van der Waals surface area contributed by atoms with Crippen LogP contribution in [0.15, 0.2) is 94.6 Å². The third-order valence-electron chi connectivity index (χ3n) is 5.65. The Morgan fingerprint density at radius 2 is 1.63 bits per heavy atom. The van der Waals surface area contributed by atoms with E-state index in [9.17, 15) is 0 Å². The van der Waals surface area contributed by atoms with E-state index in [1.807, 2.05) is 66.7 Å².